The Bertz CT molecular complexity index is 712. The van der Waals surface area contributed by atoms with Crippen LogP contribution in [0, 0.1) is 16.0 Å². The minimum Gasteiger partial charge on any atom is -0.490 e. The molecule has 1 amide bonds. The summed E-state index contributed by atoms with van der Waals surface area (Å²) in [5.41, 5.74) is 6.74. The van der Waals surface area contributed by atoms with E-state index in [1.807, 2.05) is 0 Å². The van der Waals surface area contributed by atoms with Gasteiger partial charge in [-0.25, -0.2) is 5.43 Å². The maximum Gasteiger partial charge on any atom is 0.243 e. The van der Waals surface area contributed by atoms with E-state index in [9.17, 15) is 14.9 Å². The van der Waals surface area contributed by atoms with Crippen LogP contribution in [0.4, 0.5) is 5.69 Å². The summed E-state index contributed by atoms with van der Waals surface area (Å²) in [4.78, 5) is 23.6. The van der Waals surface area contributed by atoms with Crippen molar-refractivity contribution in [2.24, 2.45) is 5.92 Å². The Hall–Kier alpha value is -2.39. The van der Waals surface area contributed by atoms with Crippen LogP contribution < -0.4 is 25.6 Å². The summed E-state index contributed by atoms with van der Waals surface area (Å²) in [6.07, 6.45) is 2.45. The van der Waals surface area contributed by atoms with Gasteiger partial charge in [0.1, 0.15) is 6.04 Å². The standard InChI is InChI=1S/C17H22N4O5/c22-17(16-12-9-11(21(23)24)3-4-13(12)19-20-16)18-10-2-5-14-15(8-10)26-7-1-6-25-14/h2,5,8,11-13,16,19-20H,1,3-4,6-7,9H2,(H,18,22). The maximum absolute atomic E-state index is 12.7. The number of hydrogen-bond donors (Lipinski definition) is 3. The lowest BCUT2D eigenvalue weighted by Gasteiger charge is -2.28. The summed E-state index contributed by atoms with van der Waals surface area (Å²) in [7, 11) is 0. The van der Waals surface area contributed by atoms with Crippen LogP contribution in [0.15, 0.2) is 18.2 Å². The monoisotopic (exact) mass is 362 g/mol. The maximum atomic E-state index is 12.7. The van der Waals surface area contributed by atoms with Crippen LogP contribution in [-0.4, -0.2) is 42.2 Å². The summed E-state index contributed by atoms with van der Waals surface area (Å²) in [5, 5.41) is 14.0. The highest BCUT2D eigenvalue weighted by molar-refractivity contribution is 5.95. The molecule has 4 unspecified atom stereocenters. The van der Waals surface area contributed by atoms with Gasteiger partial charge in [-0.1, -0.05) is 0 Å². The Morgan fingerprint density at radius 1 is 1.19 bits per heavy atom. The Balaban J connectivity index is 1.45. The van der Waals surface area contributed by atoms with Crippen LogP contribution in [0.2, 0.25) is 0 Å². The van der Waals surface area contributed by atoms with Crippen LogP contribution in [0.25, 0.3) is 0 Å². The second-order valence-corrected chi connectivity index (χ2v) is 6.99. The van der Waals surface area contributed by atoms with E-state index < -0.39 is 12.1 Å². The average molecular weight is 362 g/mol. The molecule has 0 spiro atoms. The second-order valence-electron chi connectivity index (χ2n) is 6.99. The van der Waals surface area contributed by atoms with Gasteiger partial charge in [-0.15, -0.1) is 0 Å². The minimum atomic E-state index is -0.578. The van der Waals surface area contributed by atoms with E-state index in [4.69, 9.17) is 9.47 Å². The molecule has 3 N–H and O–H groups in total. The molecule has 0 bridgehead atoms. The number of fused-ring (bicyclic) bond motifs is 2. The van der Waals surface area contributed by atoms with E-state index >= 15 is 0 Å². The molecule has 0 aromatic heterocycles. The number of nitro groups is 1. The molecule has 1 aliphatic carbocycles. The molecule has 2 aliphatic heterocycles. The van der Waals surface area contributed by atoms with Gasteiger partial charge in [0, 0.05) is 47.9 Å². The lowest BCUT2D eigenvalue weighted by molar-refractivity contribution is -0.528. The first-order chi connectivity index (χ1) is 12.6. The van der Waals surface area contributed by atoms with Gasteiger partial charge in [0.15, 0.2) is 11.5 Å². The van der Waals surface area contributed by atoms with Crippen LogP contribution in [0.3, 0.4) is 0 Å². The van der Waals surface area contributed by atoms with Crippen LogP contribution >= 0.6 is 0 Å². The normalized spacial score (nSPS) is 30.2. The molecule has 1 saturated heterocycles. The quantitative estimate of drug-likeness (QED) is 0.544. The first-order valence-electron chi connectivity index (χ1n) is 8.97. The Morgan fingerprint density at radius 2 is 2.00 bits per heavy atom. The zero-order valence-corrected chi connectivity index (χ0v) is 14.3. The van der Waals surface area contributed by atoms with Gasteiger partial charge in [0.2, 0.25) is 11.9 Å². The molecule has 2 fully saturated rings. The van der Waals surface area contributed by atoms with Gasteiger partial charge in [-0.05, 0) is 18.6 Å². The number of amides is 1. The third-order valence-corrected chi connectivity index (χ3v) is 5.32. The first kappa shape index (κ1) is 17.0. The number of rotatable bonds is 3. The molecule has 4 rings (SSSR count). The SMILES string of the molecule is O=C(Nc1ccc2c(c1)OCCCO2)C1NNC2CCC([N+](=O)[O-])CC21. The number of hydrazine groups is 1. The number of anilines is 1. The minimum absolute atomic E-state index is 0.0886. The van der Waals surface area contributed by atoms with Gasteiger partial charge in [-0.2, -0.15) is 0 Å². The van der Waals surface area contributed by atoms with Crippen molar-refractivity contribution in [2.45, 2.75) is 43.8 Å². The fourth-order valence-electron chi connectivity index (χ4n) is 3.95. The third kappa shape index (κ3) is 3.32. The van der Waals surface area contributed by atoms with Crippen molar-refractivity contribution in [3.63, 3.8) is 0 Å². The second kappa shape index (κ2) is 7.08. The highest BCUT2D eigenvalue weighted by Crippen LogP contribution is 2.34. The molecule has 9 heteroatoms. The Kier molecular flexibility index (Phi) is 4.64. The lowest BCUT2D eigenvalue weighted by Crippen LogP contribution is -2.44. The summed E-state index contributed by atoms with van der Waals surface area (Å²) in [5.74, 6) is 0.979. The average Bonchev–Trinajstić information content (AvgIpc) is 2.92. The number of carbonyl (C=O) groups is 1. The van der Waals surface area contributed by atoms with E-state index in [-0.39, 0.29) is 22.8 Å². The fraction of sp³-hybridized carbons (Fsp3) is 0.588. The molecule has 1 aromatic carbocycles. The molecule has 0 radical (unpaired) electrons. The smallest absolute Gasteiger partial charge is 0.243 e. The van der Waals surface area contributed by atoms with E-state index in [2.05, 4.69) is 16.2 Å². The number of benzene rings is 1. The van der Waals surface area contributed by atoms with Crippen molar-refractivity contribution < 1.29 is 19.2 Å². The highest BCUT2D eigenvalue weighted by Gasteiger charge is 2.46. The van der Waals surface area contributed by atoms with E-state index in [1.54, 1.807) is 18.2 Å². The van der Waals surface area contributed by atoms with E-state index in [0.29, 0.717) is 49.7 Å². The van der Waals surface area contributed by atoms with Crippen LogP contribution in [0.1, 0.15) is 25.7 Å². The highest BCUT2D eigenvalue weighted by atomic mass is 16.6. The summed E-state index contributed by atoms with van der Waals surface area (Å²) in [6.45, 7) is 1.18. The number of ether oxygens (including phenoxy) is 2. The molecule has 26 heavy (non-hydrogen) atoms. The molecule has 2 heterocycles. The number of nitrogens with zero attached hydrogens (tertiary/aromatic N) is 1. The zero-order valence-electron chi connectivity index (χ0n) is 14.3. The topological polar surface area (TPSA) is 115 Å². The van der Waals surface area contributed by atoms with Crippen molar-refractivity contribution in [1.29, 1.82) is 0 Å². The predicted octanol–water partition coefficient (Wildman–Crippen LogP) is 1.08. The summed E-state index contributed by atoms with van der Waals surface area (Å²) in [6, 6.07) is 4.31. The summed E-state index contributed by atoms with van der Waals surface area (Å²) < 4.78 is 11.2. The number of nitrogens with one attached hydrogen (secondary N) is 3. The van der Waals surface area contributed by atoms with Crippen molar-refractivity contribution in [3.05, 3.63) is 28.3 Å². The fourth-order valence-corrected chi connectivity index (χ4v) is 3.95. The third-order valence-electron chi connectivity index (χ3n) is 5.32. The molecule has 9 nitrogen and oxygen atoms in total. The van der Waals surface area contributed by atoms with Crippen LogP contribution in [-0.2, 0) is 4.79 Å². The Morgan fingerprint density at radius 3 is 2.81 bits per heavy atom. The van der Waals surface area contributed by atoms with E-state index in [1.165, 1.54) is 0 Å². The van der Waals surface area contributed by atoms with Gasteiger partial charge in [-0.3, -0.25) is 20.3 Å². The zero-order chi connectivity index (χ0) is 18.1. The number of hydrogen-bond acceptors (Lipinski definition) is 7. The van der Waals surface area contributed by atoms with Gasteiger partial charge >= 0.3 is 0 Å². The molecule has 1 saturated carbocycles. The molecule has 1 aromatic rings. The molecule has 3 aliphatic rings. The van der Waals surface area contributed by atoms with Gasteiger partial charge in [0.05, 0.1) is 13.2 Å². The van der Waals surface area contributed by atoms with Crippen molar-refractivity contribution in [3.8, 4) is 11.5 Å². The molecular weight excluding hydrogens is 340 g/mol. The molecular formula is C17H22N4O5. The van der Waals surface area contributed by atoms with Crippen molar-refractivity contribution in [2.75, 3.05) is 18.5 Å². The van der Waals surface area contributed by atoms with Crippen molar-refractivity contribution >= 4 is 11.6 Å². The van der Waals surface area contributed by atoms with Gasteiger partial charge in [0.25, 0.3) is 0 Å². The van der Waals surface area contributed by atoms with Gasteiger partial charge < -0.3 is 14.8 Å². The van der Waals surface area contributed by atoms with E-state index in [0.717, 1.165) is 6.42 Å². The molecule has 140 valence electrons. The number of carbonyl (C=O) groups excluding carboxylic acids is 1. The van der Waals surface area contributed by atoms with Crippen molar-refractivity contribution in [1.82, 2.24) is 10.9 Å². The predicted molar refractivity (Wildman–Crippen MR) is 92.6 cm³/mol. The summed E-state index contributed by atoms with van der Waals surface area (Å²) >= 11 is 0. The lowest BCUT2D eigenvalue weighted by atomic mass is 9.79. The Labute approximate surface area is 150 Å². The largest absolute Gasteiger partial charge is 0.490 e. The van der Waals surface area contributed by atoms with Crippen LogP contribution in [0.5, 0.6) is 11.5 Å². The molecule has 4 atom stereocenters. The first-order valence-corrected chi connectivity index (χ1v) is 8.97.